The van der Waals surface area contributed by atoms with E-state index < -0.39 is 5.97 Å². The Morgan fingerprint density at radius 3 is 2.42 bits per heavy atom. The maximum absolute atomic E-state index is 10.7. The summed E-state index contributed by atoms with van der Waals surface area (Å²) in [7, 11) is 0. The van der Waals surface area contributed by atoms with Gasteiger partial charge in [0, 0.05) is 6.92 Å². The third kappa shape index (κ3) is 1.31. The first-order chi connectivity index (χ1) is 5.54. The molecule has 64 valence electrons. The van der Waals surface area contributed by atoms with Crippen LogP contribution in [0.4, 0.5) is 0 Å². The number of rotatable bonds is 2. The summed E-state index contributed by atoms with van der Waals surface area (Å²) in [6, 6.07) is 0. The Hall–Kier alpha value is -1.36. The monoisotopic (exact) mass is 188 g/mol. The summed E-state index contributed by atoms with van der Waals surface area (Å²) < 4.78 is 0. The number of carboxylic acid groups (broad SMARTS) is 1. The molecule has 0 aliphatic rings. The number of aromatic nitrogens is 2. The summed E-state index contributed by atoms with van der Waals surface area (Å²) in [5.41, 5.74) is -0.309. The number of carbonyl (C=O) groups is 2. The molecule has 0 amide bonds. The number of aromatic carboxylic acids is 1. The van der Waals surface area contributed by atoms with E-state index in [9.17, 15) is 9.59 Å². The zero-order chi connectivity index (χ0) is 9.30. The van der Waals surface area contributed by atoms with Crippen LogP contribution in [0.3, 0.4) is 0 Å². The Morgan fingerprint density at radius 2 is 2.17 bits per heavy atom. The van der Waals surface area contributed by atoms with E-state index >= 15 is 0 Å². The number of ketones is 1. The van der Waals surface area contributed by atoms with Crippen LogP contribution in [-0.2, 0) is 0 Å². The van der Waals surface area contributed by atoms with Gasteiger partial charge in [0.1, 0.15) is 10.7 Å². The van der Waals surface area contributed by atoms with E-state index in [1.807, 2.05) is 0 Å². The van der Waals surface area contributed by atoms with Crippen molar-refractivity contribution in [3.05, 3.63) is 16.4 Å². The minimum Gasteiger partial charge on any atom is -0.476 e. The van der Waals surface area contributed by atoms with Crippen LogP contribution in [0.25, 0.3) is 0 Å². The Bertz CT molecular complexity index is 313. The minimum atomic E-state index is -1.24. The molecule has 0 unspecified atom stereocenters. The lowest BCUT2D eigenvalue weighted by Crippen LogP contribution is -1.97. The molecule has 0 atom stereocenters. The normalized spacial score (nSPS) is 9.83. The van der Waals surface area contributed by atoms with Crippen LogP contribution in [-0.4, -0.2) is 27.1 Å². The van der Waals surface area contributed by atoms with Crippen molar-refractivity contribution in [1.29, 1.82) is 0 Å². The summed E-state index contributed by atoms with van der Waals surface area (Å²) in [5.74, 6) is -1.61. The van der Waals surface area contributed by atoms with E-state index in [-0.39, 0.29) is 22.2 Å². The van der Waals surface area contributed by atoms with Crippen molar-refractivity contribution < 1.29 is 14.7 Å². The van der Waals surface area contributed by atoms with Gasteiger partial charge in [-0.15, -0.1) is 0 Å². The van der Waals surface area contributed by atoms with Crippen molar-refractivity contribution in [2.75, 3.05) is 0 Å². The van der Waals surface area contributed by atoms with Crippen LogP contribution in [0.1, 0.15) is 27.9 Å². The van der Waals surface area contributed by atoms with Crippen LogP contribution >= 0.6 is 11.6 Å². The lowest BCUT2D eigenvalue weighted by molar-refractivity contribution is 0.0690. The van der Waals surface area contributed by atoms with Crippen LogP contribution < -0.4 is 0 Å². The van der Waals surface area contributed by atoms with Crippen molar-refractivity contribution in [3.63, 3.8) is 0 Å². The summed E-state index contributed by atoms with van der Waals surface area (Å²) >= 11 is 5.52. The Kier molecular flexibility index (Phi) is 2.14. The topological polar surface area (TPSA) is 83.0 Å². The maximum atomic E-state index is 10.7. The smallest absolute Gasteiger partial charge is 0.355 e. The fourth-order valence-corrected chi connectivity index (χ4v) is 1.00. The molecule has 0 spiro atoms. The van der Waals surface area contributed by atoms with Crippen LogP contribution in [0.5, 0.6) is 0 Å². The number of H-pyrrole nitrogens is 1. The number of carboxylic acids is 1. The van der Waals surface area contributed by atoms with Gasteiger partial charge in [0.15, 0.2) is 11.5 Å². The molecule has 0 saturated carbocycles. The molecule has 5 nitrogen and oxygen atoms in total. The van der Waals surface area contributed by atoms with Crippen LogP contribution in [0.2, 0.25) is 5.02 Å². The van der Waals surface area contributed by atoms with Crippen molar-refractivity contribution in [3.8, 4) is 0 Å². The predicted molar refractivity (Wildman–Crippen MR) is 40.6 cm³/mol. The molecule has 6 heteroatoms. The average molecular weight is 189 g/mol. The van der Waals surface area contributed by atoms with E-state index in [2.05, 4.69) is 10.2 Å². The van der Waals surface area contributed by atoms with Gasteiger partial charge in [-0.05, 0) is 0 Å². The van der Waals surface area contributed by atoms with Gasteiger partial charge in [0.2, 0.25) is 0 Å². The highest BCUT2D eigenvalue weighted by Crippen LogP contribution is 2.18. The lowest BCUT2D eigenvalue weighted by atomic mass is 10.3. The van der Waals surface area contributed by atoms with Gasteiger partial charge in [-0.2, -0.15) is 5.10 Å². The average Bonchev–Trinajstić information content (AvgIpc) is 2.30. The second-order valence-corrected chi connectivity index (χ2v) is 2.50. The highest BCUT2D eigenvalue weighted by atomic mass is 35.5. The Balaban J connectivity index is 3.22. The third-order valence-corrected chi connectivity index (χ3v) is 1.62. The lowest BCUT2D eigenvalue weighted by Gasteiger charge is -1.88. The zero-order valence-corrected chi connectivity index (χ0v) is 6.84. The summed E-state index contributed by atoms with van der Waals surface area (Å²) in [5, 5.41) is 14.0. The van der Waals surface area contributed by atoms with E-state index in [4.69, 9.17) is 16.7 Å². The number of Topliss-reactive ketones (excluding diaryl/α,β-unsaturated/α-hetero) is 1. The highest BCUT2D eigenvalue weighted by molar-refractivity contribution is 6.36. The summed E-state index contributed by atoms with van der Waals surface area (Å²) in [6.07, 6.45) is 0. The number of halogens is 1. The second-order valence-electron chi connectivity index (χ2n) is 2.12. The number of hydrogen-bond acceptors (Lipinski definition) is 3. The molecule has 1 heterocycles. The molecule has 12 heavy (non-hydrogen) atoms. The molecule has 0 aromatic carbocycles. The quantitative estimate of drug-likeness (QED) is 0.678. The standard InChI is InChI=1S/C6H5ClN2O3/c1-2(10)4-3(7)5(6(11)12)9-8-4/h1H3,(H,8,9)(H,11,12). The van der Waals surface area contributed by atoms with Gasteiger partial charge in [-0.3, -0.25) is 9.89 Å². The van der Waals surface area contributed by atoms with E-state index in [0.717, 1.165) is 0 Å². The van der Waals surface area contributed by atoms with Crippen LogP contribution in [0, 0.1) is 0 Å². The van der Waals surface area contributed by atoms with Gasteiger partial charge >= 0.3 is 5.97 Å². The molecule has 0 fully saturated rings. The highest BCUT2D eigenvalue weighted by Gasteiger charge is 2.18. The number of nitrogens with one attached hydrogen (secondary N) is 1. The first-order valence-corrected chi connectivity index (χ1v) is 3.40. The molecular formula is C6H5ClN2O3. The molecule has 1 aromatic heterocycles. The Morgan fingerprint density at radius 1 is 1.58 bits per heavy atom. The molecule has 0 aliphatic carbocycles. The molecule has 1 rings (SSSR count). The largest absolute Gasteiger partial charge is 0.476 e. The third-order valence-electron chi connectivity index (χ3n) is 1.25. The van der Waals surface area contributed by atoms with Gasteiger partial charge in [0.25, 0.3) is 0 Å². The van der Waals surface area contributed by atoms with E-state index in [1.165, 1.54) is 6.92 Å². The SMILES string of the molecule is CC(=O)c1n[nH]c(C(=O)O)c1Cl. The number of hydrogen-bond donors (Lipinski definition) is 2. The second kappa shape index (κ2) is 2.94. The van der Waals surface area contributed by atoms with Crippen molar-refractivity contribution in [2.45, 2.75) is 6.92 Å². The number of carbonyl (C=O) groups excluding carboxylic acids is 1. The van der Waals surface area contributed by atoms with Crippen molar-refractivity contribution in [1.82, 2.24) is 10.2 Å². The minimum absolute atomic E-state index is 0.0472. The van der Waals surface area contributed by atoms with Crippen LogP contribution in [0.15, 0.2) is 0 Å². The van der Waals surface area contributed by atoms with Crippen molar-refractivity contribution in [2.24, 2.45) is 0 Å². The molecule has 0 bridgehead atoms. The Labute approximate surface area is 72.3 Å². The zero-order valence-electron chi connectivity index (χ0n) is 6.09. The molecule has 0 aliphatic heterocycles. The van der Waals surface area contributed by atoms with Gasteiger partial charge in [-0.25, -0.2) is 4.79 Å². The molecule has 0 saturated heterocycles. The number of nitrogens with zero attached hydrogens (tertiary/aromatic N) is 1. The summed E-state index contributed by atoms with van der Waals surface area (Å²) in [6.45, 7) is 1.26. The molecule has 0 radical (unpaired) electrons. The fraction of sp³-hybridized carbons (Fsp3) is 0.167. The van der Waals surface area contributed by atoms with Gasteiger partial charge in [0.05, 0.1) is 0 Å². The molecular weight excluding hydrogens is 184 g/mol. The molecule has 1 aromatic rings. The molecule has 2 N–H and O–H groups in total. The first kappa shape index (κ1) is 8.73. The first-order valence-electron chi connectivity index (χ1n) is 3.02. The number of aromatic amines is 1. The maximum Gasteiger partial charge on any atom is 0.355 e. The van der Waals surface area contributed by atoms with Crippen molar-refractivity contribution >= 4 is 23.4 Å². The van der Waals surface area contributed by atoms with Gasteiger partial charge < -0.3 is 5.11 Å². The predicted octanol–water partition coefficient (Wildman–Crippen LogP) is 0.964. The van der Waals surface area contributed by atoms with E-state index in [1.54, 1.807) is 0 Å². The fourth-order valence-electron chi connectivity index (χ4n) is 0.703. The van der Waals surface area contributed by atoms with Gasteiger partial charge in [-0.1, -0.05) is 11.6 Å². The summed E-state index contributed by atoms with van der Waals surface area (Å²) in [4.78, 5) is 21.1. The van der Waals surface area contributed by atoms with E-state index in [0.29, 0.717) is 0 Å².